The van der Waals surface area contributed by atoms with Crippen molar-refractivity contribution in [2.45, 2.75) is 18.8 Å². The second-order valence-corrected chi connectivity index (χ2v) is 7.75. The van der Waals surface area contributed by atoms with Gasteiger partial charge in [-0.1, -0.05) is 23.2 Å². The minimum Gasteiger partial charge on any atom is -0.469 e. The van der Waals surface area contributed by atoms with Crippen molar-refractivity contribution >= 4 is 57.4 Å². The number of amides is 1. The van der Waals surface area contributed by atoms with Crippen LogP contribution < -0.4 is 5.32 Å². The van der Waals surface area contributed by atoms with E-state index in [2.05, 4.69) is 5.32 Å². The molecule has 0 radical (unpaired) electrons. The average Bonchev–Trinajstić information content (AvgIpc) is 3.21. The van der Waals surface area contributed by atoms with E-state index in [4.69, 9.17) is 32.7 Å². The maximum atomic E-state index is 12.6. The number of hydrogen-bond donors (Lipinski definition) is 1. The van der Waals surface area contributed by atoms with Crippen molar-refractivity contribution in [1.82, 2.24) is 0 Å². The maximum absolute atomic E-state index is 12.6. The number of benzene rings is 1. The lowest BCUT2D eigenvalue weighted by Crippen LogP contribution is -2.17. The van der Waals surface area contributed by atoms with Crippen molar-refractivity contribution in [3.05, 3.63) is 49.8 Å². The summed E-state index contributed by atoms with van der Waals surface area (Å²) in [7, 11) is 2.55. The van der Waals surface area contributed by atoms with Crippen LogP contribution in [0.1, 0.15) is 43.5 Å². The van der Waals surface area contributed by atoms with Gasteiger partial charge >= 0.3 is 11.9 Å². The summed E-state index contributed by atoms with van der Waals surface area (Å²) in [5.41, 5.74) is 1.06. The van der Waals surface area contributed by atoms with E-state index in [-0.39, 0.29) is 10.6 Å². The molecule has 2 aromatic rings. The third-order valence-corrected chi connectivity index (χ3v) is 6.23. The lowest BCUT2D eigenvalue weighted by atomic mass is 9.99. The van der Waals surface area contributed by atoms with Crippen LogP contribution in [0.3, 0.4) is 0 Å². The Morgan fingerprint density at radius 1 is 1.15 bits per heavy atom. The lowest BCUT2D eigenvalue weighted by molar-refractivity contribution is -0.142. The van der Waals surface area contributed by atoms with Crippen LogP contribution in [0.25, 0.3) is 0 Å². The fourth-order valence-electron chi connectivity index (χ4n) is 3.05. The molecular weight excluding hydrogens is 413 g/mol. The van der Waals surface area contributed by atoms with Gasteiger partial charge in [0.1, 0.15) is 5.00 Å². The number of ether oxygens (including phenoxy) is 2. The average molecular weight is 428 g/mol. The molecule has 1 aromatic heterocycles. The van der Waals surface area contributed by atoms with Crippen LogP contribution in [-0.2, 0) is 20.7 Å². The van der Waals surface area contributed by atoms with Crippen LogP contribution in [0.15, 0.2) is 18.2 Å². The highest BCUT2D eigenvalue weighted by molar-refractivity contribution is 7.17. The van der Waals surface area contributed by atoms with Crippen molar-refractivity contribution in [3.63, 3.8) is 0 Å². The zero-order valence-electron chi connectivity index (χ0n) is 14.4. The maximum Gasteiger partial charge on any atom is 0.341 e. The van der Waals surface area contributed by atoms with Crippen LogP contribution >= 0.6 is 34.5 Å². The number of halogens is 2. The monoisotopic (exact) mass is 427 g/mol. The normalized spacial score (nSPS) is 15.2. The van der Waals surface area contributed by atoms with Crippen LogP contribution in [0.4, 0.5) is 5.00 Å². The number of fused-ring (bicyclic) bond motifs is 1. The Morgan fingerprint density at radius 2 is 1.89 bits per heavy atom. The number of methoxy groups -OCH3 is 2. The number of nitrogens with one attached hydrogen (secondary N) is 1. The molecule has 0 unspecified atom stereocenters. The molecule has 3 rings (SSSR count). The third-order valence-electron chi connectivity index (χ3n) is 4.31. The number of carbonyl (C=O) groups is 3. The minimum atomic E-state index is -0.618. The van der Waals surface area contributed by atoms with Gasteiger partial charge in [-0.3, -0.25) is 9.59 Å². The number of esters is 2. The van der Waals surface area contributed by atoms with Crippen LogP contribution in [0, 0.1) is 0 Å². The van der Waals surface area contributed by atoms with Crippen LogP contribution in [0.2, 0.25) is 10.0 Å². The van der Waals surface area contributed by atoms with Crippen molar-refractivity contribution in [3.8, 4) is 0 Å². The summed E-state index contributed by atoms with van der Waals surface area (Å²) >= 11 is 13.1. The first-order valence-electron chi connectivity index (χ1n) is 7.95. The van der Waals surface area contributed by atoms with Gasteiger partial charge < -0.3 is 14.8 Å². The number of rotatable bonds is 4. The molecule has 0 bridgehead atoms. The van der Waals surface area contributed by atoms with Crippen molar-refractivity contribution in [1.29, 1.82) is 0 Å². The summed E-state index contributed by atoms with van der Waals surface area (Å²) < 4.78 is 9.71. The van der Waals surface area contributed by atoms with Gasteiger partial charge in [0.25, 0.3) is 5.91 Å². The highest BCUT2D eigenvalue weighted by Gasteiger charge is 2.38. The molecule has 0 spiro atoms. The Labute approximate surface area is 169 Å². The van der Waals surface area contributed by atoms with Gasteiger partial charge in [0.05, 0.1) is 35.7 Å². The van der Waals surface area contributed by atoms with E-state index in [0.717, 1.165) is 4.88 Å². The summed E-state index contributed by atoms with van der Waals surface area (Å²) in [6.45, 7) is 0. The van der Waals surface area contributed by atoms with E-state index < -0.39 is 23.8 Å². The van der Waals surface area contributed by atoms with Gasteiger partial charge in [-0.15, -0.1) is 11.3 Å². The van der Waals surface area contributed by atoms with Crippen molar-refractivity contribution in [2.75, 3.05) is 19.5 Å². The van der Waals surface area contributed by atoms with E-state index in [0.29, 0.717) is 34.0 Å². The molecule has 1 atom stereocenters. The van der Waals surface area contributed by atoms with E-state index in [1.807, 2.05) is 0 Å². The third kappa shape index (κ3) is 3.67. The van der Waals surface area contributed by atoms with Gasteiger partial charge in [-0.05, 0) is 36.6 Å². The summed E-state index contributed by atoms with van der Waals surface area (Å²) in [6.07, 6.45) is 1.17. The zero-order chi connectivity index (χ0) is 19.7. The second-order valence-electron chi connectivity index (χ2n) is 5.83. The first-order chi connectivity index (χ1) is 12.9. The Morgan fingerprint density at radius 3 is 2.52 bits per heavy atom. The molecule has 1 aliphatic carbocycles. The van der Waals surface area contributed by atoms with Gasteiger partial charge in [-0.25, -0.2) is 4.79 Å². The van der Waals surface area contributed by atoms with Gasteiger partial charge in [-0.2, -0.15) is 0 Å². The van der Waals surface area contributed by atoms with Gasteiger partial charge in [0.15, 0.2) is 0 Å². The van der Waals surface area contributed by atoms with E-state index in [1.54, 1.807) is 0 Å². The van der Waals surface area contributed by atoms with Crippen molar-refractivity contribution < 1.29 is 23.9 Å². The Hall–Kier alpha value is -2.09. The lowest BCUT2D eigenvalue weighted by Gasteiger charge is -2.12. The summed E-state index contributed by atoms with van der Waals surface area (Å²) in [6, 6.07) is 4.48. The fraction of sp³-hybridized carbons (Fsp3) is 0.278. The Balaban J connectivity index is 1.98. The molecule has 0 fully saturated rings. The fourth-order valence-corrected chi connectivity index (χ4v) is 4.61. The number of hydrogen-bond acceptors (Lipinski definition) is 6. The molecule has 0 saturated heterocycles. The standard InChI is InChI=1S/C18H15Cl2NO5S/c1-25-17(23)9-4-6-12-13(9)14(18(24)26-2)16(27-12)21-15(22)8-3-5-10(19)11(20)7-8/h3,5,7,9H,4,6H2,1-2H3,(H,21,22)/t9-/m1/s1. The van der Waals surface area contributed by atoms with Gasteiger partial charge in [0, 0.05) is 10.4 Å². The molecule has 1 N–H and O–H groups in total. The van der Waals surface area contributed by atoms with E-state index in [1.165, 1.54) is 43.8 Å². The molecule has 27 heavy (non-hydrogen) atoms. The molecule has 1 amide bonds. The van der Waals surface area contributed by atoms with E-state index >= 15 is 0 Å². The summed E-state index contributed by atoms with van der Waals surface area (Å²) in [4.78, 5) is 37.9. The Kier molecular flexibility index (Phi) is 5.74. The molecule has 1 heterocycles. The number of thiophene rings is 1. The molecule has 6 nitrogen and oxygen atoms in total. The molecule has 0 aliphatic heterocycles. The highest BCUT2D eigenvalue weighted by Crippen LogP contribution is 2.46. The molecule has 9 heteroatoms. The zero-order valence-corrected chi connectivity index (χ0v) is 16.8. The Bertz CT molecular complexity index is 940. The SMILES string of the molecule is COC(=O)c1c(NC(=O)c2ccc(Cl)c(Cl)c2)sc2c1[C@H](C(=O)OC)CC2. The first kappa shape index (κ1) is 19.7. The van der Waals surface area contributed by atoms with Crippen LogP contribution in [0.5, 0.6) is 0 Å². The van der Waals surface area contributed by atoms with E-state index in [9.17, 15) is 14.4 Å². The quantitative estimate of drug-likeness (QED) is 0.735. The molecule has 1 aliphatic rings. The highest BCUT2D eigenvalue weighted by atomic mass is 35.5. The summed E-state index contributed by atoms with van der Waals surface area (Å²) in [5, 5.41) is 3.63. The predicted octanol–water partition coefficient (Wildman–Crippen LogP) is 4.30. The second kappa shape index (κ2) is 7.88. The largest absolute Gasteiger partial charge is 0.469 e. The van der Waals surface area contributed by atoms with Crippen LogP contribution in [-0.4, -0.2) is 32.1 Å². The number of carbonyl (C=O) groups excluding carboxylic acids is 3. The molecular formula is C18H15Cl2NO5S. The number of anilines is 1. The predicted molar refractivity (Wildman–Crippen MR) is 103 cm³/mol. The minimum absolute atomic E-state index is 0.193. The molecule has 0 saturated carbocycles. The van der Waals surface area contributed by atoms with Gasteiger partial charge in [0.2, 0.25) is 0 Å². The summed E-state index contributed by atoms with van der Waals surface area (Å²) in [5.74, 6) is -2.04. The van der Waals surface area contributed by atoms with Crippen molar-refractivity contribution in [2.24, 2.45) is 0 Å². The topological polar surface area (TPSA) is 81.7 Å². The first-order valence-corrected chi connectivity index (χ1v) is 9.52. The smallest absolute Gasteiger partial charge is 0.341 e. The number of aryl methyl sites for hydroxylation is 1. The molecule has 1 aromatic carbocycles. The molecule has 142 valence electrons.